The molecule has 0 saturated carbocycles. The normalized spacial score (nSPS) is 16.9. The fourth-order valence-corrected chi connectivity index (χ4v) is 3.25. The molecule has 0 spiro atoms. The van der Waals surface area contributed by atoms with Gasteiger partial charge in [-0.3, -0.25) is 0 Å². The van der Waals surface area contributed by atoms with E-state index in [0.29, 0.717) is 0 Å². The van der Waals surface area contributed by atoms with Gasteiger partial charge in [0.1, 0.15) is 0 Å². The number of anilines is 1. The molecular formula is C18H30N2. The van der Waals surface area contributed by atoms with E-state index in [0.717, 1.165) is 6.04 Å². The van der Waals surface area contributed by atoms with Gasteiger partial charge in [-0.25, -0.2) is 0 Å². The van der Waals surface area contributed by atoms with Gasteiger partial charge in [0.25, 0.3) is 0 Å². The molecular weight excluding hydrogens is 244 g/mol. The first-order valence-corrected chi connectivity index (χ1v) is 8.39. The van der Waals surface area contributed by atoms with Crippen molar-refractivity contribution in [3.05, 3.63) is 30.3 Å². The molecule has 0 aromatic heterocycles. The van der Waals surface area contributed by atoms with E-state index in [-0.39, 0.29) is 0 Å². The third kappa shape index (κ3) is 4.24. The average Bonchev–Trinajstić information content (AvgIpc) is 2.52. The van der Waals surface area contributed by atoms with E-state index in [9.17, 15) is 0 Å². The second-order valence-corrected chi connectivity index (χ2v) is 5.94. The van der Waals surface area contributed by atoms with Gasteiger partial charge in [0, 0.05) is 24.8 Å². The lowest BCUT2D eigenvalue weighted by Gasteiger charge is -2.39. The van der Waals surface area contributed by atoms with E-state index < -0.39 is 0 Å². The van der Waals surface area contributed by atoms with Crippen molar-refractivity contribution >= 4 is 5.69 Å². The van der Waals surface area contributed by atoms with Crippen molar-refractivity contribution in [1.29, 1.82) is 0 Å². The summed E-state index contributed by atoms with van der Waals surface area (Å²) in [5.74, 6) is 0. The number of rotatable bonds is 7. The van der Waals surface area contributed by atoms with E-state index in [1.54, 1.807) is 0 Å². The van der Waals surface area contributed by atoms with Crippen LogP contribution < -0.4 is 4.90 Å². The largest absolute Gasteiger partial charge is 0.371 e. The molecule has 1 aromatic carbocycles. The van der Waals surface area contributed by atoms with Crippen LogP contribution in [-0.4, -0.2) is 37.1 Å². The highest BCUT2D eigenvalue weighted by Gasteiger charge is 2.23. The predicted octanol–water partition coefficient (Wildman–Crippen LogP) is 4.17. The van der Waals surface area contributed by atoms with Crippen molar-refractivity contribution in [3.63, 3.8) is 0 Å². The minimum absolute atomic E-state index is 0.807. The van der Waals surface area contributed by atoms with Gasteiger partial charge in [0.05, 0.1) is 0 Å². The Morgan fingerprint density at radius 2 is 1.70 bits per heavy atom. The lowest BCUT2D eigenvalue weighted by Crippen LogP contribution is -2.45. The number of hydrogen-bond donors (Lipinski definition) is 0. The van der Waals surface area contributed by atoms with Gasteiger partial charge in [0.15, 0.2) is 0 Å². The van der Waals surface area contributed by atoms with Gasteiger partial charge >= 0.3 is 0 Å². The molecule has 1 saturated heterocycles. The lowest BCUT2D eigenvalue weighted by atomic mass is 10.0. The van der Waals surface area contributed by atoms with Crippen molar-refractivity contribution in [1.82, 2.24) is 4.90 Å². The SMILES string of the molecule is CCCCN(CCC)C1CCN(c2ccccc2)CC1. The maximum atomic E-state index is 2.74. The van der Waals surface area contributed by atoms with E-state index in [2.05, 4.69) is 54.0 Å². The minimum atomic E-state index is 0.807. The number of benzene rings is 1. The molecule has 0 aliphatic carbocycles. The summed E-state index contributed by atoms with van der Waals surface area (Å²) in [6, 6.07) is 11.7. The van der Waals surface area contributed by atoms with Crippen LogP contribution in [0.4, 0.5) is 5.69 Å². The number of hydrogen-bond acceptors (Lipinski definition) is 2. The summed E-state index contributed by atoms with van der Waals surface area (Å²) in [6.45, 7) is 9.58. The summed E-state index contributed by atoms with van der Waals surface area (Å²) >= 11 is 0. The first kappa shape index (κ1) is 15.4. The molecule has 2 nitrogen and oxygen atoms in total. The third-order valence-corrected chi connectivity index (χ3v) is 4.41. The second kappa shape index (κ2) is 8.31. The van der Waals surface area contributed by atoms with Gasteiger partial charge in [-0.2, -0.15) is 0 Å². The Morgan fingerprint density at radius 1 is 1.00 bits per heavy atom. The van der Waals surface area contributed by atoms with Crippen LogP contribution in [0.3, 0.4) is 0 Å². The maximum absolute atomic E-state index is 2.74. The number of para-hydroxylation sites is 1. The topological polar surface area (TPSA) is 6.48 Å². The monoisotopic (exact) mass is 274 g/mol. The minimum Gasteiger partial charge on any atom is -0.371 e. The summed E-state index contributed by atoms with van der Waals surface area (Å²) in [7, 11) is 0. The molecule has 0 N–H and O–H groups in total. The van der Waals surface area contributed by atoms with Gasteiger partial charge in [0.2, 0.25) is 0 Å². The van der Waals surface area contributed by atoms with Crippen molar-refractivity contribution in [2.45, 2.75) is 52.0 Å². The Hall–Kier alpha value is -1.02. The smallest absolute Gasteiger partial charge is 0.0366 e. The third-order valence-electron chi connectivity index (χ3n) is 4.41. The van der Waals surface area contributed by atoms with Crippen LogP contribution in [-0.2, 0) is 0 Å². The fraction of sp³-hybridized carbons (Fsp3) is 0.667. The molecule has 2 rings (SSSR count). The summed E-state index contributed by atoms with van der Waals surface area (Å²) < 4.78 is 0. The molecule has 112 valence electrons. The van der Waals surface area contributed by atoms with E-state index in [1.807, 2.05) is 0 Å². The molecule has 0 amide bonds. The van der Waals surface area contributed by atoms with Crippen molar-refractivity contribution in [2.24, 2.45) is 0 Å². The van der Waals surface area contributed by atoms with E-state index in [1.165, 1.54) is 64.0 Å². The summed E-state index contributed by atoms with van der Waals surface area (Å²) in [5, 5.41) is 0. The van der Waals surface area contributed by atoms with Gasteiger partial charge < -0.3 is 9.80 Å². The van der Waals surface area contributed by atoms with Crippen LogP contribution in [0.5, 0.6) is 0 Å². The van der Waals surface area contributed by atoms with Gasteiger partial charge in [-0.15, -0.1) is 0 Å². The van der Waals surface area contributed by atoms with Crippen LogP contribution in [0.15, 0.2) is 30.3 Å². The van der Waals surface area contributed by atoms with Gasteiger partial charge in [-0.05, 0) is 50.9 Å². The van der Waals surface area contributed by atoms with Crippen molar-refractivity contribution in [3.8, 4) is 0 Å². The summed E-state index contributed by atoms with van der Waals surface area (Å²) in [5.41, 5.74) is 1.39. The number of piperidine rings is 1. The Morgan fingerprint density at radius 3 is 2.30 bits per heavy atom. The molecule has 2 heteroatoms. The highest BCUT2D eigenvalue weighted by atomic mass is 15.2. The zero-order valence-electron chi connectivity index (χ0n) is 13.2. The highest BCUT2D eigenvalue weighted by Crippen LogP contribution is 2.22. The summed E-state index contributed by atoms with van der Waals surface area (Å²) in [6.07, 6.45) is 6.57. The Balaban J connectivity index is 1.85. The standard InChI is InChI=1S/C18H30N2/c1-3-5-14-19(13-4-2)18-11-15-20(16-12-18)17-9-7-6-8-10-17/h6-10,18H,3-5,11-16H2,1-2H3. The Kier molecular flexibility index (Phi) is 6.38. The summed E-state index contributed by atoms with van der Waals surface area (Å²) in [4.78, 5) is 5.28. The highest BCUT2D eigenvalue weighted by molar-refractivity contribution is 5.46. The first-order valence-electron chi connectivity index (χ1n) is 8.39. The molecule has 1 fully saturated rings. The van der Waals surface area contributed by atoms with Gasteiger partial charge in [-0.1, -0.05) is 38.5 Å². The molecule has 0 radical (unpaired) electrons. The molecule has 0 atom stereocenters. The number of nitrogens with zero attached hydrogens (tertiary/aromatic N) is 2. The molecule has 1 heterocycles. The van der Waals surface area contributed by atoms with Crippen LogP contribution in [0.2, 0.25) is 0 Å². The Labute approximate surface area is 124 Å². The van der Waals surface area contributed by atoms with Crippen LogP contribution >= 0.6 is 0 Å². The molecule has 20 heavy (non-hydrogen) atoms. The zero-order valence-corrected chi connectivity index (χ0v) is 13.2. The predicted molar refractivity (Wildman–Crippen MR) is 88.4 cm³/mol. The molecule has 1 aliphatic heterocycles. The van der Waals surface area contributed by atoms with Crippen molar-refractivity contribution in [2.75, 3.05) is 31.1 Å². The van der Waals surface area contributed by atoms with Crippen LogP contribution in [0.25, 0.3) is 0 Å². The van der Waals surface area contributed by atoms with Crippen LogP contribution in [0, 0.1) is 0 Å². The van der Waals surface area contributed by atoms with E-state index >= 15 is 0 Å². The zero-order chi connectivity index (χ0) is 14.2. The average molecular weight is 274 g/mol. The molecule has 1 aliphatic rings. The van der Waals surface area contributed by atoms with E-state index in [4.69, 9.17) is 0 Å². The quantitative estimate of drug-likeness (QED) is 0.736. The molecule has 0 unspecified atom stereocenters. The van der Waals surface area contributed by atoms with Crippen LogP contribution in [0.1, 0.15) is 46.0 Å². The lowest BCUT2D eigenvalue weighted by molar-refractivity contribution is 0.166. The Bertz CT molecular complexity index is 355. The molecule has 0 bridgehead atoms. The maximum Gasteiger partial charge on any atom is 0.0366 e. The number of unbranched alkanes of at least 4 members (excludes halogenated alkanes) is 1. The fourth-order valence-electron chi connectivity index (χ4n) is 3.25. The van der Waals surface area contributed by atoms with Crippen molar-refractivity contribution < 1.29 is 0 Å². The second-order valence-electron chi connectivity index (χ2n) is 5.94. The first-order chi connectivity index (χ1) is 9.85. The molecule has 1 aromatic rings.